The fourth-order valence-electron chi connectivity index (χ4n) is 5.30. The van der Waals surface area contributed by atoms with Crippen molar-refractivity contribution in [3.63, 3.8) is 0 Å². The molecule has 0 saturated carbocycles. The Kier molecular flexibility index (Phi) is 4.24. The highest BCUT2D eigenvalue weighted by Crippen LogP contribution is 2.40. The molecule has 0 aliphatic carbocycles. The number of nitrogens with zero attached hydrogens (tertiary/aromatic N) is 3. The Morgan fingerprint density at radius 1 is 0.556 bits per heavy atom. The number of aromatic nitrogens is 1. The Bertz CT molecular complexity index is 1990. The molecule has 4 heteroatoms. The summed E-state index contributed by atoms with van der Waals surface area (Å²) in [4.78, 5) is 0. The molecule has 0 bridgehead atoms. The molecular weight excluding hydrogens is 442 g/mol. The topological polar surface area (TPSA) is 65.7 Å². The first kappa shape index (κ1) is 20.1. The zero-order chi connectivity index (χ0) is 24.2. The zero-order valence-electron chi connectivity index (χ0n) is 19.1. The molecule has 0 amide bonds. The van der Waals surface area contributed by atoms with Gasteiger partial charge in [-0.15, -0.1) is 0 Å². The highest BCUT2D eigenvalue weighted by atomic mass is 16.3. The fraction of sp³-hybridized carbons (Fsp3) is 0. The van der Waals surface area contributed by atoms with Crippen molar-refractivity contribution in [3.8, 4) is 29.0 Å². The molecule has 0 fully saturated rings. The van der Waals surface area contributed by atoms with E-state index in [9.17, 15) is 10.5 Å². The van der Waals surface area contributed by atoms with Crippen molar-refractivity contribution >= 4 is 43.7 Å². The van der Waals surface area contributed by atoms with Gasteiger partial charge in [0.25, 0.3) is 0 Å². The minimum Gasteiger partial charge on any atom is -0.453 e. The normalized spacial score (nSPS) is 11.3. The van der Waals surface area contributed by atoms with Crippen molar-refractivity contribution in [1.29, 1.82) is 10.5 Å². The van der Waals surface area contributed by atoms with Gasteiger partial charge >= 0.3 is 0 Å². The molecule has 7 rings (SSSR count). The van der Waals surface area contributed by atoms with Crippen molar-refractivity contribution in [3.05, 3.63) is 114 Å². The third-order valence-corrected chi connectivity index (χ3v) is 6.83. The van der Waals surface area contributed by atoms with Crippen molar-refractivity contribution in [1.82, 2.24) is 4.57 Å². The molecule has 0 radical (unpaired) electrons. The molecule has 0 N–H and O–H groups in total. The minimum atomic E-state index is 0.447. The van der Waals surface area contributed by atoms with Gasteiger partial charge in [0, 0.05) is 27.1 Å². The molecule has 4 nitrogen and oxygen atoms in total. The quantitative estimate of drug-likeness (QED) is 0.262. The fourth-order valence-corrected chi connectivity index (χ4v) is 5.30. The second-order valence-electron chi connectivity index (χ2n) is 8.83. The Labute approximate surface area is 206 Å². The van der Waals surface area contributed by atoms with E-state index >= 15 is 0 Å². The smallest absolute Gasteiger partial charge is 0.159 e. The maximum Gasteiger partial charge on any atom is 0.159 e. The summed E-state index contributed by atoms with van der Waals surface area (Å²) in [6, 6.07) is 38.6. The van der Waals surface area contributed by atoms with Crippen LogP contribution in [0.25, 0.3) is 60.6 Å². The van der Waals surface area contributed by atoms with Gasteiger partial charge in [-0.3, -0.25) is 0 Å². The first-order chi connectivity index (χ1) is 17.8. The number of benzene rings is 5. The highest BCUT2D eigenvalue weighted by Gasteiger charge is 2.19. The van der Waals surface area contributed by atoms with Gasteiger partial charge in [0.2, 0.25) is 0 Å². The van der Waals surface area contributed by atoms with Gasteiger partial charge in [0.1, 0.15) is 5.58 Å². The zero-order valence-corrected chi connectivity index (χ0v) is 19.1. The molecule has 2 aromatic heterocycles. The molecule has 0 aliphatic rings. The second kappa shape index (κ2) is 7.60. The lowest BCUT2D eigenvalue weighted by atomic mass is 9.98. The molecular formula is C32H17N3O. The van der Waals surface area contributed by atoms with Crippen molar-refractivity contribution in [2.75, 3.05) is 0 Å². The van der Waals surface area contributed by atoms with E-state index in [1.54, 1.807) is 18.2 Å². The van der Waals surface area contributed by atoms with E-state index in [4.69, 9.17) is 4.42 Å². The molecule has 0 atom stereocenters. The van der Waals surface area contributed by atoms with Crippen LogP contribution in [0.3, 0.4) is 0 Å². The van der Waals surface area contributed by atoms with Crippen LogP contribution in [0.4, 0.5) is 0 Å². The van der Waals surface area contributed by atoms with Gasteiger partial charge in [0.15, 0.2) is 5.58 Å². The Hall–Kier alpha value is -5.32. The predicted octanol–water partition coefficient (Wildman–Crippen LogP) is 8.09. The third-order valence-electron chi connectivity index (χ3n) is 6.83. The lowest BCUT2D eigenvalue weighted by Crippen LogP contribution is -1.93. The molecule has 7 aromatic rings. The van der Waals surface area contributed by atoms with Crippen LogP contribution in [-0.4, -0.2) is 4.57 Å². The monoisotopic (exact) mass is 459 g/mol. The largest absolute Gasteiger partial charge is 0.453 e. The van der Waals surface area contributed by atoms with Crippen LogP contribution in [0, 0.1) is 22.7 Å². The molecule has 0 saturated heterocycles. The SMILES string of the molecule is N#Cc1cc(C#N)cc(-c2cccc3c2oc2c(-n4c5ccccc5c5ccccc54)cccc23)c1. The van der Waals surface area contributed by atoms with Crippen LogP contribution in [-0.2, 0) is 0 Å². The van der Waals surface area contributed by atoms with E-state index in [1.807, 2.05) is 12.1 Å². The lowest BCUT2D eigenvalue weighted by molar-refractivity contribution is 0.667. The lowest BCUT2D eigenvalue weighted by Gasteiger charge is -2.08. The summed E-state index contributed by atoms with van der Waals surface area (Å²) in [5.74, 6) is 0. The summed E-state index contributed by atoms with van der Waals surface area (Å²) in [6.45, 7) is 0. The summed E-state index contributed by atoms with van der Waals surface area (Å²) >= 11 is 0. The summed E-state index contributed by atoms with van der Waals surface area (Å²) in [6.07, 6.45) is 0. The average molecular weight is 460 g/mol. The maximum absolute atomic E-state index is 9.49. The number of nitriles is 2. The summed E-state index contributed by atoms with van der Waals surface area (Å²) in [7, 11) is 0. The Morgan fingerprint density at radius 3 is 1.75 bits per heavy atom. The van der Waals surface area contributed by atoms with Crippen LogP contribution in [0.1, 0.15) is 11.1 Å². The Balaban J connectivity index is 1.57. The van der Waals surface area contributed by atoms with E-state index < -0.39 is 0 Å². The van der Waals surface area contributed by atoms with E-state index in [0.29, 0.717) is 11.1 Å². The number of fused-ring (bicyclic) bond motifs is 6. The maximum atomic E-state index is 9.49. The van der Waals surface area contributed by atoms with Gasteiger partial charge in [-0.2, -0.15) is 10.5 Å². The number of rotatable bonds is 2. The number of para-hydroxylation sites is 4. The van der Waals surface area contributed by atoms with E-state index in [-0.39, 0.29) is 0 Å². The summed E-state index contributed by atoms with van der Waals surface area (Å²) in [5.41, 5.74) is 7.27. The average Bonchev–Trinajstić information content (AvgIpc) is 3.49. The van der Waals surface area contributed by atoms with Crippen molar-refractivity contribution in [2.24, 2.45) is 0 Å². The van der Waals surface area contributed by atoms with E-state index in [1.165, 1.54) is 10.8 Å². The molecule has 0 unspecified atom stereocenters. The molecule has 0 spiro atoms. The summed E-state index contributed by atoms with van der Waals surface area (Å²) in [5, 5.41) is 23.4. The molecule has 0 aliphatic heterocycles. The van der Waals surface area contributed by atoms with Gasteiger partial charge in [-0.1, -0.05) is 66.7 Å². The molecule has 2 heterocycles. The Morgan fingerprint density at radius 2 is 1.11 bits per heavy atom. The molecule has 5 aromatic carbocycles. The van der Waals surface area contributed by atoms with E-state index in [0.717, 1.165) is 49.8 Å². The van der Waals surface area contributed by atoms with Crippen molar-refractivity contribution < 1.29 is 4.42 Å². The first-order valence-corrected chi connectivity index (χ1v) is 11.7. The van der Waals surface area contributed by atoms with Gasteiger partial charge < -0.3 is 8.98 Å². The first-order valence-electron chi connectivity index (χ1n) is 11.7. The highest BCUT2D eigenvalue weighted by molar-refractivity contribution is 6.14. The number of furan rings is 1. The number of hydrogen-bond donors (Lipinski definition) is 0. The molecule has 36 heavy (non-hydrogen) atoms. The molecule has 166 valence electrons. The minimum absolute atomic E-state index is 0.447. The van der Waals surface area contributed by atoms with Gasteiger partial charge in [-0.05, 0) is 42.0 Å². The predicted molar refractivity (Wildman–Crippen MR) is 143 cm³/mol. The van der Waals surface area contributed by atoms with Crippen LogP contribution >= 0.6 is 0 Å². The van der Waals surface area contributed by atoms with Crippen LogP contribution in [0.5, 0.6) is 0 Å². The third kappa shape index (κ3) is 2.79. The standard InChI is InChI=1S/C32H17N3O/c33-18-20-15-21(19-34)17-22(16-20)23-9-5-10-26-27-11-6-14-30(32(27)36-31(23)26)35-28-12-3-1-7-24(28)25-8-2-4-13-29(25)35/h1-17H. The summed E-state index contributed by atoms with van der Waals surface area (Å²) < 4.78 is 8.91. The van der Waals surface area contributed by atoms with E-state index in [2.05, 4.69) is 89.5 Å². The van der Waals surface area contributed by atoms with Gasteiger partial charge in [-0.25, -0.2) is 0 Å². The van der Waals surface area contributed by atoms with Crippen LogP contribution in [0.2, 0.25) is 0 Å². The van der Waals surface area contributed by atoms with Crippen molar-refractivity contribution in [2.45, 2.75) is 0 Å². The number of hydrogen-bond acceptors (Lipinski definition) is 3. The van der Waals surface area contributed by atoms with Crippen LogP contribution in [0.15, 0.2) is 108 Å². The second-order valence-corrected chi connectivity index (χ2v) is 8.83. The van der Waals surface area contributed by atoms with Gasteiger partial charge in [0.05, 0.1) is 40.0 Å². The van der Waals surface area contributed by atoms with Crippen LogP contribution < -0.4 is 0 Å².